The number of aromatic nitrogens is 3. The van der Waals surface area contributed by atoms with E-state index in [1.807, 2.05) is 31.2 Å². The van der Waals surface area contributed by atoms with Crippen molar-refractivity contribution in [1.82, 2.24) is 19.9 Å². The summed E-state index contributed by atoms with van der Waals surface area (Å²) in [6.45, 7) is 4.44. The molecule has 29 heavy (non-hydrogen) atoms. The van der Waals surface area contributed by atoms with Crippen LogP contribution in [0.2, 0.25) is 0 Å². The molecule has 0 aliphatic carbocycles. The van der Waals surface area contributed by atoms with Crippen molar-refractivity contribution in [3.05, 3.63) is 60.1 Å². The van der Waals surface area contributed by atoms with Crippen LogP contribution < -0.4 is 0 Å². The molecule has 0 N–H and O–H groups in total. The Bertz CT molecular complexity index is 1090. The summed E-state index contributed by atoms with van der Waals surface area (Å²) in [7, 11) is -3.41. The number of piperidine rings is 1. The fraction of sp³-hybridized carbons (Fsp3) is 0.381. The Kier molecular flexibility index (Phi) is 5.47. The molecule has 4 rings (SSSR count). The zero-order valence-corrected chi connectivity index (χ0v) is 17.4. The van der Waals surface area contributed by atoms with E-state index in [1.165, 1.54) is 12.5 Å². The second-order valence-corrected chi connectivity index (χ2v) is 9.50. The number of aryl methyl sites for hydroxylation is 1. The van der Waals surface area contributed by atoms with Gasteiger partial charge >= 0.3 is 0 Å². The third-order valence-electron chi connectivity index (χ3n) is 5.27. The fourth-order valence-corrected chi connectivity index (χ4v) is 4.59. The van der Waals surface area contributed by atoms with E-state index in [4.69, 9.17) is 9.40 Å². The summed E-state index contributed by atoms with van der Waals surface area (Å²) >= 11 is 0. The molecule has 1 saturated heterocycles. The number of hydrogen-bond donors (Lipinski definition) is 0. The number of nitrogens with zero attached hydrogens (tertiary/aromatic N) is 4. The Hall–Kier alpha value is -2.58. The minimum absolute atomic E-state index is 0.0814. The standard InChI is InChI=1S/C21H24N4O3S/c1-15-3-4-18(28-15)14-25-11-7-16(8-12-25)20-19(29(2,26)27)13-23-21(24-20)17-5-9-22-10-6-17/h3-6,9-10,13,16H,7-8,11-12,14H2,1-2H3. The van der Waals surface area contributed by atoms with Crippen molar-refractivity contribution in [2.45, 2.75) is 37.1 Å². The minimum Gasteiger partial charge on any atom is -0.465 e. The first-order valence-electron chi connectivity index (χ1n) is 9.65. The van der Waals surface area contributed by atoms with Gasteiger partial charge in [0.1, 0.15) is 16.4 Å². The topological polar surface area (TPSA) is 89.2 Å². The number of likely N-dealkylation sites (tertiary alicyclic amines) is 1. The highest BCUT2D eigenvalue weighted by molar-refractivity contribution is 7.90. The van der Waals surface area contributed by atoms with Gasteiger partial charge in [-0.25, -0.2) is 18.4 Å². The molecule has 0 bridgehead atoms. The van der Waals surface area contributed by atoms with Gasteiger partial charge in [-0.05, 0) is 57.1 Å². The number of furan rings is 1. The van der Waals surface area contributed by atoms with Crippen molar-refractivity contribution in [2.24, 2.45) is 0 Å². The second kappa shape index (κ2) is 8.04. The van der Waals surface area contributed by atoms with Gasteiger partial charge in [-0.3, -0.25) is 9.88 Å². The highest BCUT2D eigenvalue weighted by Crippen LogP contribution is 2.32. The summed E-state index contributed by atoms with van der Waals surface area (Å²) in [5.41, 5.74) is 1.45. The molecule has 1 aliphatic rings. The number of hydrogen-bond acceptors (Lipinski definition) is 7. The summed E-state index contributed by atoms with van der Waals surface area (Å²) in [6, 6.07) is 7.64. The molecular formula is C21H24N4O3S. The van der Waals surface area contributed by atoms with Crippen molar-refractivity contribution < 1.29 is 12.8 Å². The van der Waals surface area contributed by atoms with E-state index in [0.717, 1.165) is 49.6 Å². The first-order chi connectivity index (χ1) is 13.9. The van der Waals surface area contributed by atoms with Crippen LogP contribution in [0.1, 0.15) is 36.0 Å². The van der Waals surface area contributed by atoms with Gasteiger partial charge in [0, 0.05) is 36.3 Å². The molecule has 4 heterocycles. The van der Waals surface area contributed by atoms with E-state index in [0.29, 0.717) is 11.5 Å². The lowest BCUT2D eigenvalue weighted by atomic mass is 9.93. The van der Waals surface area contributed by atoms with Crippen molar-refractivity contribution in [3.63, 3.8) is 0 Å². The first-order valence-corrected chi connectivity index (χ1v) is 11.5. The summed E-state index contributed by atoms with van der Waals surface area (Å²) in [5, 5.41) is 0. The summed E-state index contributed by atoms with van der Waals surface area (Å²) in [4.78, 5) is 15.6. The smallest absolute Gasteiger partial charge is 0.178 e. The molecule has 3 aromatic rings. The van der Waals surface area contributed by atoms with Crippen LogP contribution in [-0.2, 0) is 16.4 Å². The third-order valence-corrected chi connectivity index (χ3v) is 6.38. The molecule has 0 saturated carbocycles. The van der Waals surface area contributed by atoms with E-state index in [9.17, 15) is 8.42 Å². The Balaban J connectivity index is 1.57. The van der Waals surface area contributed by atoms with Gasteiger partial charge in [0.25, 0.3) is 0 Å². The molecule has 0 spiro atoms. The van der Waals surface area contributed by atoms with Crippen LogP contribution in [-0.4, -0.2) is 47.6 Å². The molecule has 0 amide bonds. The van der Waals surface area contributed by atoms with Gasteiger partial charge in [-0.15, -0.1) is 0 Å². The van der Waals surface area contributed by atoms with Crippen LogP contribution in [0.25, 0.3) is 11.4 Å². The van der Waals surface area contributed by atoms with Crippen molar-refractivity contribution in [1.29, 1.82) is 0 Å². The molecule has 1 aliphatic heterocycles. The van der Waals surface area contributed by atoms with Gasteiger partial charge in [0.15, 0.2) is 15.7 Å². The molecule has 152 valence electrons. The zero-order chi connectivity index (χ0) is 20.4. The molecule has 0 aromatic carbocycles. The average molecular weight is 413 g/mol. The SMILES string of the molecule is Cc1ccc(CN2CCC(c3nc(-c4ccncc4)ncc3S(C)(=O)=O)CC2)o1. The van der Waals surface area contributed by atoms with Crippen molar-refractivity contribution >= 4 is 9.84 Å². The lowest BCUT2D eigenvalue weighted by Crippen LogP contribution is -2.33. The number of pyridine rings is 1. The van der Waals surface area contributed by atoms with Gasteiger partial charge in [0.2, 0.25) is 0 Å². The summed E-state index contributed by atoms with van der Waals surface area (Å²) < 4.78 is 30.4. The molecule has 1 fully saturated rings. The van der Waals surface area contributed by atoms with E-state index in [-0.39, 0.29) is 10.8 Å². The maximum absolute atomic E-state index is 12.3. The van der Waals surface area contributed by atoms with Crippen LogP contribution in [0, 0.1) is 6.92 Å². The largest absolute Gasteiger partial charge is 0.465 e. The molecule has 0 radical (unpaired) electrons. The fourth-order valence-electron chi connectivity index (χ4n) is 3.76. The Morgan fingerprint density at radius 1 is 1.14 bits per heavy atom. The number of rotatable bonds is 5. The highest BCUT2D eigenvalue weighted by Gasteiger charge is 2.28. The molecule has 3 aromatic heterocycles. The maximum Gasteiger partial charge on any atom is 0.178 e. The van der Waals surface area contributed by atoms with Gasteiger partial charge in [-0.2, -0.15) is 0 Å². The van der Waals surface area contributed by atoms with Crippen LogP contribution in [0.4, 0.5) is 0 Å². The van der Waals surface area contributed by atoms with Crippen LogP contribution in [0.5, 0.6) is 0 Å². The normalized spacial score (nSPS) is 16.2. The Labute approximate surface area is 170 Å². The predicted molar refractivity (Wildman–Crippen MR) is 109 cm³/mol. The molecular weight excluding hydrogens is 388 g/mol. The second-order valence-electron chi connectivity index (χ2n) is 7.51. The molecule has 7 nitrogen and oxygen atoms in total. The molecule has 0 atom stereocenters. The van der Waals surface area contributed by atoms with E-state index in [1.54, 1.807) is 12.4 Å². The van der Waals surface area contributed by atoms with Crippen molar-refractivity contribution in [3.8, 4) is 11.4 Å². The average Bonchev–Trinajstić information content (AvgIpc) is 3.13. The third kappa shape index (κ3) is 4.54. The highest BCUT2D eigenvalue weighted by atomic mass is 32.2. The zero-order valence-electron chi connectivity index (χ0n) is 16.6. The Morgan fingerprint density at radius 2 is 1.86 bits per heavy atom. The summed E-state index contributed by atoms with van der Waals surface area (Å²) in [6.07, 6.45) is 7.71. The Morgan fingerprint density at radius 3 is 2.48 bits per heavy atom. The maximum atomic E-state index is 12.3. The lowest BCUT2D eigenvalue weighted by Gasteiger charge is -2.31. The predicted octanol–water partition coefficient (Wildman–Crippen LogP) is 3.22. The van der Waals surface area contributed by atoms with Gasteiger partial charge in [-0.1, -0.05) is 0 Å². The molecule has 0 unspecified atom stereocenters. The lowest BCUT2D eigenvalue weighted by molar-refractivity contribution is 0.188. The van der Waals surface area contributed by atoms with Crippen LogP contribution in [0.15, 0.2) is 52.2 Å². The first kappa shape index (κ1) is 19.7. The van der Waals surface area contributed by atoms with Crippen LogP contribution >= 0.6 is 0 Å². The summed E-state index contributed by atoms with van der Waals surface area (Å²) in [5.74, 6) is 2.48. The van der Waals surface area contributed by atoms with E-state index < -0.39 is 9.84 Å². The van der Waals surface area contributed by atoms with E-state index in [2.05, 4.69) is 14.9 Å². The van der Waals surface area contributed by atoms with Crippen molar-refractivity contribution in [2.75, 3.05) is 19.3 Å². The van der Waals surface area contributed by atoms with Crippen LogP contribution in [0.3, 0.4) is 0 Å². The minimum atomic E-state index is -3.41. The van der Waals surface area contributed by atoms with Gasteiger partial charge in [0.05, 0.1) is 12.2 Å². The molecule has 8 heteroatoms. The monoisotopic (exact) mass is 412 g/mol. The van der Waals surface area contributed by atoms with Gasteiger partial charge < -0.3 is 4.42 Å². The van der Waals surface area contributed by atoms with E-state index >= 15 is 0 Å². The number of sulfone groups is 1. The quantitative estimate of drug-likeness (QED) is 0.635.